The lowest BCUT2D eigenvalue weighted by Crippen LogP contribution is -2.32. The van der Waals surface area contributed by atoms with E-state index in [1.54, 1.807) is 0 Å². The molecular formula is C21H21N3O5. The average Bonchev–Trinajstić information content (AvgIpc) is 3.45. The molecule has 1 saturated carbocycles. The van der Waals surface area contributed by atoms with Crippen LogP contribution in [0.3, 0.4) is 0 Å². The van der Waals surface area contributed by atoms with Crippen LogP contribution in [0.5, 0.6) is 0 Å². The number of carbonyl (C=O) groups is 1. The molecule has 29 heavy (non-hydrogen) atoms. The number of carbonyl (C=O) groups excluding carboxylic acids is 1. The molecule has 0 spiro atoms. The zero-order valence-corrected chi connectivity index (χ0v) is 15.8. The first-order chi connectivity index (χ1) is 14.0. The first-order valence-corrected chi connectivity index (χ1v) is 9.59. The summed E-state index contributed by atoms with van der Waals surface area (Å²) in [6.07, 6.45) is 2.90. The second kappa shape index (κ2) is 7.54. The number of nitrogens with zero attached hydrogens (tertiary/aromatic N) is 2. The van der Waals surface area contributed by atoms with Crippen molar-refractivity contribution in [3.63, 3.8) is 0 Å². The Labute approximate surface area is 166 Å². The SMILES string of the molecule is O=C(CCCn1c(=O)oc2cc([N+](=O)[O-])ccc21)NCC1(c2ccccc2)CC1. The topological polar surface area (TPSA) is 107 Å². The highest BCUT2D eigenvalue weighted by Crippen LogP contribution is 2.47. The highest BCUT2D eigenvalue weighted by Gasteiger charge is 2.44. The molecule has 0 bridgehead atoms. The number of rotatable bonds is 8. The number of hydrogen-bond donors (Lipinski definition) is 1. The highest BCUT2D eigenvalue weighted by molar-refractivity contribution is 5.77. The Hall–Kier alpha value is -3.42. The Morgan fingerprint density at radius 2 is 1.97 bits per heavy atom. The van der Waals surface area contributed by atoms with Crippen LogP contribution in [-0.4, -0.2) is 21.9 Å². The number of aryl methyl sites for hydroxylation is 1. The third-order valence-electron chi connectivity index (χ3n) is 5.51. The smallest absolute Gasteiger partial charge is 0.407 e. The number of nitro benzene ring substituents is 1. The van der Waals surface area contributed by atoms with Crippen LogP contribution in [0.4, 0.5) is 5.69 Å². The van der Waals surface area contributed by atoms with E-state index in [2.05, 4.69) is 17.4 Å². The van der Waals surface area contributed by atoms with Gasteiger partial charge in [-0.3, -0.25) is 19.5 Å². The van der Waals surface area contributed by atoms with Crippen molar-refractivity contribution in [3.8, 4) is 0 Å². The molecule has 1 amide bonds. The van der Waals surface area contributed by atoms with Crippen LogP contribution < -0.4 is 11.1 Å². The van der Waals surface area contributed by atoms with Gasteiger partial charge in [0.1, 0.15) is 0 Å². The molecular weight excluding hydrogens is 374 g/mol. The van der Waals surface area contributed by atoms with Crippen molar-refractivity contribution in [1.82, 2.24) is 9.88 Å². The molecule has 1 aliphatic rings. The normalized spacial score (nSPS) is 14.6. The summed E-state index contributed by atoms with van der Waals surface area (Å²) < 4.78 is 6.50. The van der Waals surface area contributed by atoms with Crippen LogP contribution >= 0.6 is 0 Å². The number of benzene rings is 2. The number of amides is 1. The molecule has 0 saturated heterocycles. The molecule has 2 aromatic carbocycles. The minimum atomic E-state index is -0.582. The molecule has 0 radical (unpaired) electrons. The van der Waals surface area contributed by atoms with Gasteiger partial charge >= 0.3 is 5.76 Å². The third-order valence-corrected chi connectivity index (χ3v) is 5.51. The van der Waals surface area contributed by atoms with Crippen LogP contribution in [-0.2, 0) is 16.8 Å². The molecule has 4 rings (SSSR count). The maximum absolute atomic E-state index is 12.2. The van der Waals surface area contributed by atoms with E-state index in [1.165, 1.54) is 28.3 Å². The summed E-state index contributed by atoms with van der Waals surface area (Å²) >= 11 is 0. The van der Waals surface area contributed by atoms with E-state index in [0.717, 1.165) is 12.8 Å². The van der Waals surface area contributed by atoms with Gasteiger partial charge in [0.2, 0.25) is 5.91 Å². The van der Waals surface area contributed by atoms with Crippen molar-refractivity contribution in [2.75, 3.05) is 6.54 Å². The zero-order chi connectivity index (χ0) is 20.4. The van der Waals surface area contributed by atoms with Gasteiger partial charge in [-0.25, -0.2) is 4.79 Å². The predicted octanol–water partition coefficient (Wildman–Crippen LogP) is 3.13. The molecule has 0 atom stereocenters. The van der Waals surface area contributed by atoms with E-state index >= 15 is 0 Å². The van der Waals surface area contributed by atoms with Crippen LogP contribution in [0.15, 0.2) is 57.7 Å². The van der Waals surface area contributed by atoms with Crippen molar-refractivity contribution in [1.29, 1.82) is 0 Å². The van der Waals surface area contributed by atoms with Gasteiger partial charge in [0, 0.05) is 31.0 Å². The standard InChI is InChI=1S/C21H21N3O5/c25-19(22-14-21(10-11-21)15-5-2-1-3-6-15)7-4-12-23-17-9-8-16(24(27)28)13-18(17)29-20(23)26/h1-3,5-6,8-9,13H,4,7,10-12,14H2,(H,22,25). The van der Waals surface area contributed by atoms with Crippen LogP contribution in [0, 0.1) is 10.1 Å². The van der Waals surface area contributed by atoms with Crippen molar-refractivity contribution >= 4 is 22.7 Å². The fourth-order valence-corrected chi connectivity index (χ4v) is 3.64. The summed E-state index contributed by atoms with van der Waals surface area (Å²) in [7, 11) is 0. The fraction of sp³-hybridized carbons (Fsp3) is 0.333. The molecule has 1 fully saturated rings. The number of oxazole rings is 1. The molecule has 3 aromatic rings. The Balaban J connectivity index is 1.32. The van der Waals surface area contributed by atoms with Gasteiger partial charge in [0.25, 0.3) is 5.69 Å². The average molecular weight is 395 g/mol. The first-order valence-electron chi connectivity index (χ1n) is 9.59. The summed E-state index contributed by atoms with van der Waals surface area (Å²) in [5, 5.41) is 13.9. The van der Waals surface area contributed by atoms with E-state index in [0.29, 0.717) is 25.0 Å². The first kappa shape index (κ1) is 18.9. The molecule has 1 N–H and O–H groups in total. The lowest BCUT2D eigenvalue weighted by atomic mass is 9.96. The summed E-state index contributed by atoms with van der Waals surface area (Å²) in [5.74, 6) is -0.634. The van der Waals surface area contributed by atoms with E-state index in [-0.39, 0.29) is 29.0 Å². The van der Waals surface area contributed by atoms with Crippen molar-refractivity contribution in [2.45, 2.75) is 37.6 Å². The van der Waals surface area contributed by atoms with Gasteiger partial charge in [-0.2, -0.15) is 0 Å². The summed E-state index contributed by atoms with van der Waals surface area (Å²) in [4.78, 5) is 34.6. The lowest BCUT2D eigenvalue weighted by Gasteiger charge is -2.16. The summed E-state index contributed by atoms with van der Waals surface area (Å²) in [5.41, 5.74) is 1.84. The largest absolute Gasteiger partial charge is 0.419 e. The van der Waals surface area contributed by atoms with Crippen molar-refractivity contribution in [3.05, 3.63) is 74.8 Å². The molecule has 0 unspecified atom stereocenters. The van der Waals surface area contributed by atoms with E-state index in [9.17, 15) is 19.7 Å². The molecule has 1 aliphatic carbocycles. The van der Waals surface area contributed by atoms with Crippen molar-refractivity contribution in [2.24, 2.45) is 0 Å². The monoisotopic (exact) mass is 395 g/mol. The number of nitro groups is 1. The van der Waals surface area contributed by atoms with Gasteiger partial charge in [0.05, 0.1) is 16.5 Å². The van der Waals surface area contributed by atoms with Gasteiger partial charge in [-0.1, -0.05) is 30.3 Å². The summed E-state index contributed by atoms with van der Waals surface area (Å²) in [6.45, 7) is 0.926. The van der Waals surface area contributed by atoms with E-state index < -0.39 is 10.7 Å². The van der Waals surface area contributed by atoms with Gasteiger partial charge < -0.3 is 9.73 Å². The quantitative estimate of drug-likeness (QED) is 0.466. The minimum absolute atomic E-state index is 0.0521. The number of fused-ring (bicyclic) bond motifs is 1. The second-order valence-corrected chi connectivity index (χ2v) is 7.46. The maximum Gasteiger partial charge on any atom is 0.419 e. The number of aromatic nitrogens is 1. The maximum atomic E-state index is 12.2. The van der Waals surface area contributed by atoms with Crippen molar-refractivity contribution < 1.29 is 14.1 Å². The van der Waals surface area contributed by atoms with Gasteiger partial charge in [0.15, 0.2) is 5.58 Å². The highest BCUT2D eigenvalue weighted by atomic mass is 16.6. The Kier molecular flexibility index (Phi) is 4.92. The second-order valence-electron chi connectivity index (χ2n) is 7.46. The zero-order valence-electron chi connectivity index (χ0n) is 15.8. The van der Waals surface area contributed by atoms with E-state index in [4.69, 9.17) is 4.42 Å². The van der Waals surface area contributed by atoms with Crippen LogP contribution in [0.1, 0.15) is 31.2 Å². The molecule has 1 aromatic heterocycles. The minimum Gasteiger partial charge on any atom is -0.407 e. The molecule has 8 heteroatoms. The Morgan fingerprint density at radius 1 is 1.21 bits per heavy atom. The van der Waals surface area contributed by atoms with Crippen LogP contribution in [0.2, 0.25) is 0 Å². The van der Waals surface area contributed by atoms with E-state index in [1.807, 2.05) is 18.2 Å². The van der Waals surface area contributed by atoms with Crippen LogP contribution in [0.25, 0.3) is 11.1 Å². The van der Waals surface area contributed by atoms with Gasteiger partial charge in [-0.05, 0) is 30.9 Å². The number of hydrogen-bond acceptors (Lipinski definition) is 5. The third kappa shape index (κ3) is 3.91. The Morgan fingerprint density at radius 3 is 2.66 bits per heavy atom. The molecule has 1 heterocycles. The summed E-state index contributed by atoms with van der Waals surface area (Å²) in [6, 6.07) is 14.3. The Bertz CT molecular complexity index is 1110. The fourth-order valence-electron chi connectivity index (χ4n) is 3.64. The number of non-ortho nitro benzene ring substituents is 1. The molecule has 8 nitrogen and oxygen atoms in total. The lowest BCUT2D eigenvalue weighted by molar-refractivity contribution is -0.384. The predicted molar refractivity (Wildman–Crippen MR) is 107 cm³/mol. The van der Waals surface area contributed by atoms with Gasteiger partial charge in [-0.15, -0.1) is 0 Å². The molecule has 150 valence electrons. The number of nitrogens with one attached hydrogen (secondary N) is 1. The molecule has 0 aliphatic heterocycles.